The molecule has 0 atom stereocenters. The van der Waals surface area contributed by atoms with E-state index >= 15 is 0 Å². The summed E-state index contributed by atoms with van der Waals surface area (Å²) in [7, 11) is 0. The minimum Gasteiger partial charge on any atom is -0.462 e. The van der Waals surface area contributed by atoms with Crippen molar-refractivity contribution in [3.05, 3.63) is 53.2 Å². The first-order valence-electron chi connectivity index (χ1n) is 8.79. The van der Waals surface area contributed by atoms with Gasteiger partial charge in [0.05, 0.1) is 17.7 Å². The Labute approximate surface area is 149 Å². The summed E-state index contributed by atoms with van der Waals surface area (Å²) in [6.07, 6.45) is 7.34. The third-order valence-corrected chi connectivity index (χ3v) is 4.62. The summed E-state index contributed by atoms with van der Waals surface area (Å²) in [6.45, 7) is 6.65. The van der Waals surface area contributed by atoms with Gasteiger partial charge in [0.1, 0.15) is 0 Å². The van der Waals surface area contributed by atoms with Crippen LogP contribution in [0.25, 0.3) is 10.9 Å². The number of carbonyl (C=O) groups is 1. The minimum absolute atomic E-state index is 0.154. The lowest BCUT2D eigenvalue weighted by Crippen LogP contribution is -2.16. The number of hydrogen-bond acceptors (Lipinski definition) is 3. The summed E-state index contributed by atoms with van der Waals surface area (Å²) in [6, 6.07) is 7.71. The van der Waals surface area contributed by atoms with Crippen LogP contribution in [0.5, 0.6) is 0 Å². The van der Waals surface area contributed by atoms with E-state index in [0.29, 0.717) is 12.2 Å². The second-order valence-electron chi connectivity index (χ2n) is 7.00. The van der Waals surface area contributed by atoms with Crippen LogP contribution < -0.4 is 0 Å². The van der Waals surface area contributed by atoms with Crippen LogP contribution in [-0.4, -0.2) is 17.6 Å². The van der Waals surface area contributed by atoms with E-state index in [1.165, 1.54) is 18.4 Å². The number of carbonyl (C=O) groups excluding carboxylic acids is 1. The first-order valence-corrected chi connectivity index (χ1v) is 8.79. The molecule has 1 aromatic heterocycles. The summed E-state index contributed by atoms with van der Waals surface area (Å²) in [4.78, 5) is 16.2. The zero-order chi connectivity index (χ0) is 17.9. The Morgan fingerprint density at radius 3 is 2.88 bits per heavy atom. The molecule has 0 radical (unpaired) electrons. The monoisotopic (exact) mass is 333 g/mol. The molecule has 1 heterocycles. The Morgan fingerprint density at radius 1 is 1.28 bits per heavy atom. The van der Waals surface area contributed by atoms with E-state index in [1.54, 1.807) is 13.1 Å². The molecule has 1 aromatic carbocycles. The van der Waals surface area contributed by atoms with Crippen LogP contribution in [0.15, 0.2) is 42.1 Å². The third-order valence-electron chi connectivity index (χ3n) is 4.62. The molecule has 3 nitrogen and oxygen atoms in total. The molecule has 2 aromatic rings. The van der Waals surface area contributed by atoms with E-state index in [-0.39, 0.29) is 11.4 Å². The van der Waals surface area contributed by atoms with E-state index in [9.17, 15) is 4.79 Å². The lowest BCUT2D eigenvalue weighted by atomic mass is 9.76. The highest BCUT2D eigenvalue weighted by molar-refractivity contribution is 5.93. The van der Waals surface area contributed by atoms with E-state index < -0.39 is 0 Å². The fourth-order valence-electron chi connectivity index (χ4n) is 3.10. The first kappa shape index (κ1) is 17.2. The van der Waals surface area contributed by atoms with E-state index in [1.807, 2.05) is 24.3 Å². The Morgan fingerprint density at radius 2 is 2.12 bits per heavy atom. The Hall–Kier alpha value is -2.60. The second-order valence-corrected chi connectivity index (χ2v) is 7.00. The molecule has 1 aliphatic carbocycles. The van der Waals surface area contributed by atoms with Gasteiger partial charge in [0.25, 0.3) is 0 Å². The van der Waals surface area contributed by atoms with E-state index in [4.69, 9.17) is 4.74 Å². The number of benzene rings is 1. The number of fused-ring (bicyclic) bond motifs is 1. The number of nitrogens with zero attached hydrogens (tertiary/aromatic N) is 1. The quantitative estimate of drug-likeness (QED) is 0.579. The van der Waals surface area contributed by atoms with Crippen LogP contribution in [0.3, 0.4) is 0 Å². The van der Waals surface area contributed by atoms with Crippen LogP contribution in [0.1, 0.15) is 56.0 Å². The van der Waals surface area contributed by atoms with Crippen molar-refractivity contribution < 1.29 is 9.53 Å². The molecule has 3 rings (SSSR count). The smallest absolute Gasteiger partial charge is 0.339 e. The summed E-state index contributed by atoms with van der Waals surface area (Å²) >= 11 is 0. The molecule has 128 valence electrons. The van der Waals surface area contributed by atoms with Gasteiger partial charge < -0.3 is 4.74 Å². The number of esters is 1. The lowest BCUT2D eigenvalue weighted by molar-refractivity contribution is 0.0526. The summed E-state index contributed by atoms with van der Waals surface area (Å²) in [5.74, 6) is 6.28. The highest BCUT2D eigenvalue weighted by atomic mass is 16.5. The largest absolute Gasteiger partial charge is 0.462 e. The highest BCUT2D eigenvalue weighted by Crippen LogP contribution is 2.36. The van der Waals surface area contributed by atoms with Gasteiger partial charge in [-0.3, -0.25) is 4.98 Å². The molecule has 0 aliphatic heterocycles. The van der Waals surface area contributed by atoms with Gasteiger partial charge in [-0.25, -0.2) is 4.79 Å². The Kier molecular flexibility index (Phi) is 4.90. The summed E-state index contributed by atoms with van der Waals surface area (Å²) in [5, 5.41) is 0.897. The predicted molar refractivity (Wildman–Crippen MR) is 100 cm³/mol. The fraction of sp³-hybridized carbons (Fsp3) is 0.364. The topological polar surface area (TPSA) is 39.2 Å². The van der Waals surface area contributed by atoms with Gasteiger partial charge in [0.2, 0.25) is 0 Å². The van der Waals surface area contributed by atoms with Crippen LogP contribution >= 0.6 is 0 Å². The minimum atomic E-state index is -0.345. The number of allylic oxidation sites excluding steroid dienone is 2. The van der Waals surface area contributed by atoms with E-state index in [0.717, 1.165) is 22.9 Å². The average Bonchev–Trinajstić information content (AvgIpc) is 2.60. The fourth-order valence-corrected chi connectivity index (χ4v) is 3.10. The molecule has 0 amide bonds. The van der Waals surface area contributed by atoms with Crippen molar-refractivity contribution in [2.45, 2.75) is 40.0 Å². The zero-order valence-corrected chi connectivity index (χ0v) is 15.1. The maximum Gasteiger partial charge on any atom is 0.339 e. The molecule has 0 bridgehead atoms. The molecule has 0 N–H and O–H groups in total. The Balaban J connectivity index is 1.92. The van der Waals surface area contributed by atoms with Gasteiger partial charge in [-0.05, 0) is 55.9 Å². The van der Waals surface area contributed by atoms with Gasteiger partial charge in [0.15, 0.2) is 0 Å². The van der Waals surface area contributed by atoms with Crippen LogP contribution in [0.2, 0.25) is 0 Å². The Bertz CT molecular complexity index is 897. The summed E-state index contributed by atoms with van der Waals surface area (Å²) < 4.78 is 5.04. The number of aromatic nitrogens is 1. The molecule has 3 heteroatoms. The molecule has 1 aliphatic rings. The molecular formula is C22H23NO2. The van der Waals surface area contributed by atoms with Crippen molar-refractivity contribution in [1.29, 1.82) is 0 Å². The highest BCUT2D eigenvalue weighted by Gasteiger charge is 2.24. The van der Waals surface area contributed by atoms with Crippen molar-refractivity contribution in [2.75, 3.05) is 6.61 Å². The molecule has 0 unspecified atom stereocenters. The molecule has 25 heavy (non-hydrogen) atoms. The van der Waals surface area contributed by atoms with Gasteiger partial charge >= 0.3 is 5.97 Å². The second kappa shape index (κ2) is 7.11. The molecule has 0 saturated carbocycles. The SMILES string of the molecule is CCOC(=O)c1cnc2ccc(C#CC3=CCCCC3(C)C)cc2c1. The average molecular weight is 333 g/mol. The van der Waals surface area contributed by atoms with Gasteiger partial charge in [0, 0.05) is 22.7 Å². The number of hydrogen-bond donors (Lipinski definition) is 0. The lowest BCUT2D eigenvalue weighted by Gasteiger charge is -2.28. The number of ether oxygens (including phenoxy) is 1. The molecule has 0 fully saturated rings. The van der Waals surface area contributed by atoms with Crippen molar-refractivity contribution in [3.8, 4) is 11.8 Å². The van der Waals surface area contributed by atoms with Crippen molar-refractivity contribution in [2.24, 2.45) is 5.41 Å². The van der Waals surface area contributed by atoms with E-state index in [2.05, 4.69) is 36.7 Å². The maximum atomic E-state index is 11.9. The van der Waals surface area contributed by atoms with Crippen LogP contribution in [-0.2, 0) is 4.74 Å². The number of rotatable bonds is 2. The zero-order valence-electron chi connectivity index (χ0n) is 15.1. The van der Waals surface area contributed by atoms with Crippen LogP contribution in [0, 0.1) is 17.3 Å². The van der Waals surface area contributed by atoms with Crippen molar-refractivity contribution in [1.82, 2.24) is 4.98 Å². The predicted octanol–water partition coefficient (Wildman–Crippen LogP) is 4.90. The molecular weight excluding hydrogens is 310 g/mol. The number of pyridine rings is 1. The van der Waals surface area contributed by atoms with Gasteiger partial charge in [-0.15, -0.1) is 0 Å². The van der Waals surface area contributed by atoms with Gasteiger partial charge in [-0.1, -0.05) is 31.8 Å². The summed E-state index contributed by atoms with van der Waals surface area (Å²) in [5.41, 5.74) is 3.61. The van der Waals surface area contributed by atoms with Gasteiger partial charge in [-0.2, -0.15) is 0 Å². The standard InChI is InChI=1S/C22H23NO2/c1-4-25-21(24)18-14-17-13-16(9-11-20(17)23-15-18)8-10-19-7-5-6-12-22(19,2)3/h7,9,11,13-15H,4-6,12H2,1-3H3. The van der Waals surface area contributed by atoms with Crippen LogP contribution in [0.4, 0.5) is 0 Å². The molecule has 0 spiro atoms. The maximum absolute atomic E-state index is 11.9. The molecule has 0 saturated heterocycles. The van der Waals surface area contributed by atoms with Crippen molar-refractivity contribution in [3.63, 3.8) is 0 Å². The van der Waals surface area contributed by atoms with Crippen molar-refractivity contribution >= 4 is 16.9 Å². The normalized spacial score (nSPS) is 15.9. The first-order chi connectivity index (χ1) is 12.0. The third kappa shape index (κ3) is 3.91.